The van der Waals surface area contributed by atoms with Crippen molar-refractivity contribution < 1.29 is 4.79 Å². The van der Waals surface area contributed by atoms with E-state index >= 15 is 0 Å². The van der Waals surface area contributed by atoms with Crippen LogP contribution in [0.25, 0.3) is 0 Å². The van der Waals surface area contributed by atoms with Crippen LogP contribution in [-0.4, -0.2) is 20.7 Å². The van der Waals surface area contributed by atoms with Crippen LogP contribution in [0.15, 0.2) is 54.9 Å². The van der Waals surface area contributed by atoms with E-state index in [1.807, 2.05) is 24.3 Å². The van der Waals surface area contributed by atoms with Crippen molar-refractivity contribution in [1.82, 2.24) is 14.8 Å². The summed E-state index contributed by atoms with van der Waals surface area (Å²) >= 11 is 11.8. The smallest absolute Gasteiger partial charge is 0.259 e. The van der Waals surface area contributed by atoms with Gasteiger partial charge >= 0.3 is 0 Å². The molecule has 0 aliphatic heterocycles. The third-order valence-electron chi connectivity index (χ3n) is 3.14. The maximum atomic E-state index is 12.1. The van der Waals surface area contributed by atoms with E-state index < -0.39 is 0 Å². The van der Waals surface area contributed by atoms with Crippen molar-refractivity contribution in [3.8, 4) is 0 Å². The van der Waals surface area contributed by atoms with Gasteiger partial charge in [-0.25, -0.2) is 9.67 Å². The molecule has 0 aliphatic rings. The quantitative estimate of drug-likeness (QED) is 0.779. The summed E-state index contributed by atoms with van der Waals surface area (Å²) in [4.78, 5) is 16.2. The van der Waals surface area contributed by atoms with Crippen LogP contribution >= 0.6 is 23.2 Å². The maximum Gasteiger partial charge on any atom is 0.259 e. The van der Waals surface area contributed by atoms with Gasteiger partial charge in [0, 0.05) is 5.02 Å². The van der Waals surface area contributed by atoms with Crippen LogP contribution in [0.5, 0.6) is 0 Å². The molecular weight excluding hydrogens is 335 g/mol. The van der Waals surface area contributed by atoms with Crippen LogP contribution < -0.4 is 5.32 Å². The fraction of sp³-hybridized carbons (Fsp3) is 0.0625. The number of amides is 1. The van der Waals surface area contributed by atoms with Crippen LogP contribution in [0.4, 0.5) is 5.95 Å². The summed E-state index contributed by atoms with van der Waals surface area (Å²) in [6.07, 6.45) is 1.55. The number of hydrogen-bond acceptors (Lipinski definition) is 3. The topological polar surface area (TPSA) is 59.8 Å². The first-order valence-electron chi connectivity index (χ1n) is 6.81. The Morgan fingerprint density at radius 1 is 1.09 bits per heavy atom. The molecule has 7 heteroatoms. The molecule has 23 heavy (non-hydrogen) atoms. The van der Waals surface area contributed by atoms with Gasteiger partial charge in [-0.1, -0.05) is 47.5 Å². The van der Waals surface area contributed by atoms with Crippen molar-refractivity contribution in [2.45, 2.75) is 6.54 Å². The summed E-state index contributed by atoms with van der Waals surface area (Å²) in [5.41, 5.74) is 1.41. The molecule has 0 saturated heterocycles. The van der Waals surface area contributed by atoms with Gasteiger partial charge in [-0.15, -0.1) is 5.10 Å². The molecule has 116 valence electrons. The highest BCUT2D eigenvalue weighted by Gasteiger charge is 2.12. The summed E-state index contributed by atoms with van der Waals surface area (Å²) in [6.45, 7) is 0.534. The predicted octanol–water partition coefficient (Wildman–Crippen LogP) is 3.89. The van der Waals surface area contributed by atoms with Crippen LogP contribution in [0.3, 0.4) is 0 Å². The number of benzene rings is 2. The van der Waals surface area contributed by atoms with Gasteiger partial charge in [0.05, 0.1) is 17.1 Å². The molecule has 0 bridgehead atoms. The van der Waals surface area contributed by atoms with E-state index in [1.54, 1.807) is 35.3 Å². The lowest BCUT2D eigenvalue weighted by molar-refractivity contribution is 0.102. The van der Waals surface area contributed by atoms with Gasteiger partial charge in [-0.05, 0) is 29.8 Å². The number of hydrogen-bond donors (Lipinski definition) is 1. The van der Waals surface area contributed by atoms with Crippen LogP contribution in [0.2, 0.25) is 10.0 Å². The summed E-state index contributed by atoms with van der Waals surface area (Å²) in [5, 5.41) is 7.91. The number of anilines is 1. The van der Waals surface area contributed by atoms with Crippen molar-refractivity contribution >= 4 is 35.1 Å². The molecule has 0 aliphatic carbocycles. The first-order chi connectivity index (χ1) is 11.1. The summed E-state index contributed by atoms with van der Waals surface area (Å²) in [5.74, 6) is -0.122. The van der Waals surface area contributed by atoms with Gasteiger partial charge in [-0.3, -0.25) is 10.1 Å². The first-order valence-corrected chi connectivity index (χ1v) is 7.57. The molecule has 0 saturated carbocycles. The predicted molar refractivity (Wildman–Crippen MR) is 90.0 cm³/mol. The fourth-order valence-electron chi connectivity index (χ4n) is 2.02. The highest BCUT2D eigenvalue weighted by atomic mass is 35.5. The Bertz CT molecular complexity index is 830. The van der Waals surface area contributed by atoms with Gasteiger partial charge in [0.15, 0.2) is 0 Å². The highest BCUT2D eigenvalue weighted by Crippen LogP contribution is 2.16. The summed E-state index contributed by atoms with van der Waals surface area (Å²) in [7, 11) is 0. The molecule has 1 N–H and O–H groups in total. The van der Waals surface area contributed by atoms with Crippen LogP contribution in [-0.2, 0) is 6.54 Å². The minimum absolute atomic E-state index is 0.226. The molecule has 3 rings (SSSR count). The Hall–Kier alpha value is -2.37. The number of halogens is 2. The third-order valence-corrected chi connectivity index (χ3v) is 3.72. The number of carbonyl (C=O) groups excluding carboxylic acids is 1. The van der Waals surface area contributed by atoms with E-state index in [0.29, 0.717) is 22.2 Å². The van der Waals surface area contributed by atoms with E-state index in [-0.39, 0.29) is 11.9 Å². The normalized spacial score (nSPS) is 10.5. The molecule has 0 radical (unpaired) electrons. The zero-order valence-corrected chi connectivity index (χ0v) is 13.4. The van der Waals surface area contributed by atoms with E-state index in [9.17, 15) is 4.79 Å². The van der Waals surface area contributed by atoms with Crippen LogP contribution in [0.1, 0.15) is 15.9 Å². The Kier molecular flexibility index (Phi) is 4.60. The fourth-order valence-corrected chi connectivity index (χ4v) is 2.37. The van der Waals surface area contributed by atoms with E-state index in [2.05, 4.69) is 15.4 Å². The number of carbonyl (C=O) groups is 1. The van der Waals surface area contributed by atoms with Gasteiger partial charge in [0.1, 0.15) is 6.33 Å². The zero-order valence-electron chi connectivity index (χ0n) is 11.9. The SMILES string of the molecule is O=C(Nc1ncn(Cc2ccc(Cl)cc2)n1)c1ccccc1Cl. The Morgan fingerprint density at radius 2 is 1.83 bits per heavy atom. The van der Waals surface area contributed by atoms with Crippen molar-refractivity contribution in [3.05, 3.63) is 76.0 Å². The lowest BCUT2D eigenvalue weighted by Gasteiger charge is -2.03. The second-order valence-electron chi connectivity index (χ2n) is 4.83. The monoisotopic (exact) mass is 346 g/mol. The Labute approximate surface area is 142 Å². The number of rotatable bonds is 4. The molecule has 1 heterocycles. The summed E-state index contributed by atoms with van der Waals surface area (Å²) < 4.78 is 1.63. The first kappa shape index (κ1) is 15.5. The molecule has 0 spiro atoms. The van der Waals surface area contributed by atoms with Crippen molar-refractivity contribution in [3.63, 3.8) is 0 Å². The number of nitrogens with one attached hydrogen (secondary N) is 1. The minimum atomic E-state index is -0.347. The zero-order chi connectivity index (χ0) is 16.2. The van der Waals surface area contributed by atoms with E-state index in [0.717, 1.165) is 5.56 Å². The van der Waals surface area contributed by atoms with Crippen molar-refractivity contribution in [2.75, 3.05) is 5.32 Å². The molecule has 1 amide bonds. The molecule has 0 fully saturated rings. The molecule has 2 aromatic carbocycles. The second-order valence-corrected chi connectivity index (χ2v) is 5.67. The number of nitrogens with zero attached hydrogens (tertiary/aromatic N) is 3. The minimum Gasteiger partial charge on any atom is -0.289 e. The molecule has 1 aromatic heterocycles. The Morgan fingerprint density at radius 3 is 2.57 bits per heavy atom. The van der Waals surface area contributed by atoms with E-state index in [1.165, 1.54) is 0 Å². The van der Waals surface area contributed by atoms with Gasteiger partial charge in [0.25, 0.3) is 5.91 Å². The molecular formula is C16H12Cl2N4O. The largest absolute Gasteiger partial charge is 0.289 e. The molecule has 3 aromatic rings. The molecule has 0 unspecified atom stereocenters. The lowest BCUT2D eigenvalue weighted by atomic mass is 10.2. The lowest BCUT2D eigenvalue weighted by Crippen LogP contribution is -2.14. The van der Waals surface area contributed by atoms with Crippen molar-refractivity contribution in [2.24, 2.45) is 0 Å². The van der Waals surface area contributed by atoms with Crippen molar-refractivity contribution in [1.29, 1.82) is 0 Å². The molecule has 0 atom stereocenters. The third kappa shape index (κ3) is 3.88. The maximum absolute atomic E-state index is 12.1. The van der Waals surface area contributed by atoms with E-state index in [4.69, 9.17) is 23.2 Å². The van der Waals surface area contributed by atoms with Gasteiger partial charge in [-0.2, -0.15) is 0 Å². The Balaban J connectivity index is 1.69. The second kappa shape index (κ2) is 6.81. The van der Waals surface area contributed by atoms with Gasteiger partial charge in [0.2, 0.25) is 5.95 Å². The number of aromatic nitrogens is 3. The average molecular weight is 347 g/mol. The average Bonchev–Trinajstić information content (AvgIpc) is 2.97. The summed E-state index contributed by atoms with van der Waals surface area (Å²) in [6, 6.07) is 14.2. The highest BCUT2D eigenvalue weighted by molar-refractivity contribution is 6.34. The van der Waals surface area contributed by atoms with Crippen LogP contribution in [0, 0.1) is 0 Å². The standard InChI is InChI=1S/C16H12Cl2N4O/c17-12-7-5-11(6-8-12)9-22-10-19-16(21-22)20-15(23)13-3-1-2-4-14(13)18/h1-8,10H,9H2,(H,20,21,23). The molecule has 5 nitrogen and oxygen atoms in total. The van der Waals surface area contributed by atoms with Gasteiger partial charge < -0.3 is 0 Å².